The van der Waals surface area contributed by atoms with Crippen LogP contribution in [0.5, 0.6) is 0 Å². The van der Waals surface area contributed by atoms with E-state index in [2.05, 4.69) is 32.6 Å². The molecule has 1 fully saturated rings. The molecule has 0 aromatic rings. The smallest absolute Gasteiger partial charge is 0.0648 e. The highest BCUT2D eigenvalue weighted by Crippen LogP contribution is 2.26. The van der Waals surface area contributed by atoms with Gasteiger partial charge in [-0.3, -0.25) is 4.90 Å². The Morgan fingerprint density at radius 1 is 1.46 bits per heavy atom. The molecule has 2 heteroatoms. The average Bonchev–Trinajstić information content (AvgIpc) is 2.17. The van der Waals surface area contributed by atoms with E-state index in [1.807, 2.05) is 0 Å². The predicted octanol–water partition coefficient (Wildman–Crippen LogP) is 2.29. The molecule has 2 nitrogen and oxygen atoms in total. The zero-order valence-electron chi connectivity index (χ0n) is 9.47. The van der Waals surface area contributed by atoms with Gasteiger partial charge in [-0.05, 0) is 26.7 Å². The topological polar surface area (TPSA) is 12.5 Å². The molecule has 0 spiro atoms. The van der Waals surface area contributed by atoms with E-state index >= 15 is 0 Å². The summed E-state index contributed by atoms with van der Waals surface area (Å²) in [6.07, 6.45) is 2.41. The molecule has 0 amide bonds. The van der Waals surface area contributed by atoms with Gasteiger partial charge in [0, 0.05) is 18.1 Å². The fourth-order valence-electron chi connectivity index (χ4n) is 2.09. The SMILES string of the molecule is CCC(C)N1CCOCC1(C)CC. The molecule has 1 rings (SSSR count). The Balaban J connectivity index is 2.67. The minimum atomic E-state index is 0.272. The molecular formula is C11H23NO. The molecule has 0 N–H and O–H groups in total. The first-order valence-corrected chi connectivity index (χ1v) is 5.48. The van der Waals surface area contributed by atoms with Crippen LogP contribution in [0.25, 0.3) is 0 Å². The van der Waals surface area contributed by atoms with Crippen LogP contribution in [-0.4, -0.2) is 36.2 Å². The maximum Gasteiger partial charge on any atom is 0.0648 e. The number of rotatable bonds is 3. The first-order valence-electron chi connectivity index (χ1n) is 5.48. The molecule has 1 heterocycles. The van der Waals surface area contributed by atoms with Gasteiger partial charge >= 0.3 is 0 Å². The Hall–Kier alpha value is -0.0800. The van der Waals surface area contributed by atoms with E-state index in [0.717, 1.165) is 19.8 Å². The van der Waals surface area contributed by atoms with Crippen LogP contribution >= 0.6 is 0 Å². The largest absolute Gasteiger partial charge is 0.378 e. The van der Waals surface area contributed by atoms with E-state index in [-0.39, 0.29) is 5.54 Å². The van der Waals surface area contributed by atoms with Crippen molar-refractivity contribution in [1.29, 1.82) is 0 Å². The van der Waals surface area contributed by atoms with Crippen LogP contribution in [-0.2, 0) is 4.74 Å². The Morgan fingerprint density at radius 2 is 2.15 bits per heavy atom. The molecule has 0 saturated carbocycles. The molecule has 78 valence electrons. The molecule has 1 saturated heterocycles. The van der Waals surface area contributed by atoms with Crippen molar-refractivity contribution in [2.45, 2.75) is 52.1 Å². The van der Waals surface area contributed by atoms with Crippen LogP contribution in [0.15, 0.2) is 0 Å². The van der Waals surface area contributed by atoms with Crippen LogP contribution in [0.4, 0.5) is 0 Å². The summed E-state index contributed by atoms with van der Waals surface area (Å²) in [7, 11) is 0. The van der Waals surface area contributed by atoms with Crippen LogP contribution in [0.1, 0.15) is 40.5 Å². The van der Waals surface area contributed by atoms with Gasteiger partial charge in [0.25, 0.3) is 0 Å². The quantitative estimate of drug-likeness (QED) is 0.669. The summed E-state index contributed by atoms with van der Waals surface area (Å²) < 4.78 is 5.56. The lowest BCUT2D eigenvalue weighted by atomic mass is 9.93. The van der Waals surface area contributed by atoms with Crippen LogP contribution in [0.3, 0.4) is 0 Å². The van der Waals surface area contributed by atoms with E-state index in [4.69, 9.17) is 4.74 Å². The second-order valence-electron chi connectivity index (χ2n) is 4.35. The van der Waals surface area contributed by atoms with Crippen molar-refractivity contribution in [3.05, 3.63) is 0 Å². The van der Waals surface area contributed by atoms with Crippen molar-refractivity contribution < 1.29 is 4.74 Å². The summed E-state index contributed by atoms with van der Waals surface area (Å²) in [5, 5.41) is 0. The standard InChI is InChI=1S/C11H23NO/c1-5-10(3)12-7-8-13-9-11(12,4)6-2/h10H,5-9H2,1-4H3. The van der Waals surface area contributed by atoms with Gasteiger partial charge in [-0.15, -0.1) is 0 Å². The Bertz CT molecular complexity index is 160. The lowest BCUT2D eigenvalue weighted by molar-refractivity contribution is -0.0796. The summed E-state index contributed by atoms with van der Waals surface area (Å²) in [6, 6.07) is 0.689. The van der Waals surface area contributed by atoms with Crippen molar-refractivity contribution in [3.8, 4) is 0 Å². The monoisotopic (exact) mass is 185 g/mol. The van der Waals surface area contributed by atoms with Crippen LogP contribution in [0, 0.1) is 0 Å². The zero-order valence-corrected chi connectivity index (χ0v) is 9.47. The molecule has 0 aliphatic carbocycles. The molecule has 0 radical (unpaired) electrons. The van der Waals surface area contributed by atoms with Crippen molar-refractivity contribution in [2.24, 2.45) is 0 Å². The molecule has 13 heavy (non-hydrogen) atoms. The molecule has 0 aromatic carbocycles. The third-order valence-electron chi connectivity index (χ3n) is 3.47. The number of hydrogen-bond acceptors (Lipinski definition) is 2. The van der Waals surface area contributed by atoms with Gasteiger partial charge in [-0.1, -0.05) is 13.8 Å². The van der Waals surface area contributed by atoms with Crippen molar-refractivity contribution in [3.63, 3.8) is 0 Å². The van der Waals surface area contributed by atoms with Gasteiger partial charge in [0.05, 0.1) is 13.2 Å². The molecule has 2 unspecified atom stereocenters. The highest BCUT2D eigenvalue weighted by atomic mass is 16.5. The van der Waals surface area contributed by atoms with Crippen LogP contribution in [0.2, 0.25) is 0 Å². The molecule has 1 aliphatic heterocycles. The predicted molar refractivity (Wildman–Crippen MR) is 56.0 cm³/mol. The molecule has 0 aromatic heterocycles. The Kier molecular flexibility index (Phi) is 3.74. The first-order chi connectivity index (χ1) is 6.14. The molecular weight excluding hydrogens is 162 g/mol. The van der Waals surface area contributed by atoms with E-state index in [9.17, 15) is 0 Å². The summed E-state index contributed by atoms with van der Waals surface area (Å²) in [5.41, 5.74) is 0.272. The molecule has 2 atom stereocenters. The van der Waals surface area contributed by atoms with E-state index in [0.29, 0.717) is 6.04 Å². The number of hydrogen-bond donors (Lipinski definition) is 0. The molecule has 0 bridgehead atoms. The lowest BCUT2D eigenvalue weighted by Crippen LogP contribution is -2.57. The summed E-state index contributed by atoms with van der Waals surface area (Å²) in [6.45, 7) is 12.0. The zero-order chi connectivity index (χ0) is 9.90. The fourth-order valence-corrected chi connectivity index (χ4v) is 2.09. The number of ether oxygens (including phenoxy) is 1. The normalized spacial score (nSPS) is 33.2. The third kappa shape index (κ3) is 2.23. The van der Waals surface area contributed by atoms with Gasteiger partial charge < -0.3 is 4.74 Å². The maximum atomic E-state index is 5.56. The van der Waals surface area contributed by atoms with Crippen molar-refractivity contribution >= 4 is 0 Å². The number of morpholine rings is 1. The number of nitrogens with zero attached hydrogens (tertiary/aromatic N) is 1. The third-order valence-corrected chi connectivity index (χ3v) is 3.47. The minimum absolute atomic E-state index is 0.272. The van der Waals surface area contributed by atoms with E-state index in [1.165, 1.54) is 12.8 Å². The second-order valence-corrected chi connectivity index (χ2v) is 4.35. The van der Waals surface area contributed by atoms with Crippen molar-refractivity contribution in [2.75, 3.05) is 19.8 Å². The summed E-state index contributed by atoms with van der Waals surface area (Å²) >= 11 is 0. The average molecular weight is 185 g/mol. The maximum absolute atomic E-state index is 5.56. The van der Waals surface area contributed by atoms with Gasteiger partial charge in [-0.25, -0.2) is 0 Å². The van der Waals surface area contributed by atoms with Crippen molar-refractivity contribution in [1.82, 2.24) is 4.90 Å². The Labute approximate surface area is 82.3 Å². The molecule has 1 aliphatic rings. The second kappa shape index (κ2) is 4.43. The highest BCUT2D eigenvalue weighted by molar-refractivity contribution is 4.90. The van der Waals surface area contributed by atoms with E-state index < -0.39 is 0 Å². The summed E-state index contributed by atoms with van der Waals surface area (Å²) in [4.78, 5) is 2.61. The van der Waals surface area contributed by atoms with E-state index in [1.54, 1.807) is 0 Å². The fraction of sp³-hybridized carbons (Fsp3) is 1.00. The first kappa shape index (κ1) is 11.0. The van der Waals surface area contributed by atoms with Gasteiger partial charge in [-0.2, -0.15) is 0 Å². The lowest BCUT2D eigenvalue weighted by Gasteiger charge is -2.47. The van der Waals surface area contributed by atoms with Gasteiger partial charge in [0.15, 0.2) is 0 Å². The van der Waals surface area contributed by atoms with Crippen LogP contribution < -0.4 is 0 Å². The minimum Gasteiger partial charge on any atom is -0.378 e. The highest BCUT2D eigenvalue weighted by Gasteiger charge is 2.35. The summed E-state index contributed by atoms with van der Waals surface area (Å²) in [5.74, 6) is 0. The Morgan fingerprint density at radius 3 is 2.69 bits per heavy atom. The van der Waals surface area contributed by atoms with Gasteiger partial charge in [0.1, 0.15) is 0 Å². The van der Waals surface area contributed by atoms with Gasteiger partial charge in [0.2, 0.25) is 0 Å².